The van der Waals surface area contributed by atoms with E-state index in [1.807, 2.05) is 0 Å². The number of rotatable bonds is 5. The number of nitrogens with two attached hydrogens (primary N) is 1. The van der Waals surface area contributed by atoms with Crippen LogP contribution in [0.3, 0.4) is 0 Å². The SMILES string of the molecule is COCCCc1ocnc1CN. The molecule has 1 rings (SSSR count). The van der Waals surface area contributed by atoms with E-state index >= 15 is 0 Å². The van der Waals surface area contributed by atoms with Gasteiger partial charge in [-0.2, -0.15) is 0 Å². The Hall–Kier alpha value is -0.870. The normalized spacial score (nSPS) is 10.5. The summed E-state index contributed by atoms with van der Waals surface area (Å²) in [6.07, 6.45) is 3.23. The molecule has 0 radical (unpaired) electrons. The highest BCUT2D eigenvalue weighted by Gasteiger charge is 2.04. The molecule has 0 aromatic carbocycles. The molecule has 4 heteroatoms. The number of hydrogen-bond acceptors (Lipinski definition) is 4. The Labute approximate surface area is 71.7 Å². The Balaban J connectivity index is 2.39. The maximum absolute atomic E-state index is 5.45. The third-order valence-electron chi connectivity index (χ3n) is 1.67. The van der Waals surface area contributed by atoms with Crippen molar-refractivity contribution in [1.82, 2.24) is 4.98 Å². The van der Waals surface area contributed by atoms with E-state index in [4.69, 9.17) is 14.9 Å². The Morgan fingerprint density at radius 2 is 2.50 bits per heavy atom. The van der Waals surface area contributed by atoms with Crippen LogP contribution in [0.1, 0.15) is 17.9 Å². The molecule has 68 valence electrons. The summed E-state index contributed by atoms with van der Waals surface area (Å²) in [6.45, 7) is 1.18. The minimum atomic E-state index is 0.443. The van der Waals surface area contributed by atoms with Crippen molar-refractivity contribution in [3.8, 4) is 0 Å². The van der Waals surface area contributed by atoms with Gasteiger partial charge in [-0.05, 0) is 6.42 Å². The van der Waals surface area contributed by atoms with Crippen LogP contribution < -0.4 is 5.73 Å². The average Bonchev–Trinajstić information content (AvgIpc) is 2.52. The molecule has 0 aliphatic carbocycles. The van der Waals surface area contributed by atoms with Crippen molar-refractivity contribution < 1.29 is 9.15 Å². The van der Waals surface area contributed by atoms with Gasteiger partial charge in [0.05, 0.1) is 5.69 Å². The van der Waals surface area contributed by atoms with Gasteiger partial charge in [-0.1, -0.05) is 0 Å². The summed E-state index contributed by atoms with van der Waals surface area (Å²) in [5.41, 5.74) is 6.30. The van der Waals surface area contributed by atoms with E-state index in [1.54, 1.807) is 7.11 Å². The van der Waals surface area contributed by atoms with Crippen molar-refractivity contribution in [2.75, 3.05) is 13.7 Å². The van der Waals surface area contributed by atoms with Gasteiger partial charge in [0.25, 0.3) is 0 Å². The lowest BCUT2D eigenvalue weighted by molar-refractivity contribution is 0.193. The first-order valence-corrected chi connectivity index (χ1v) is 3.98. The van der Waals surface area contributed by atoms with Crippen LogP contribution in [0.25, 0.3) is 0 Å². The van der Waals surface area contributed by atoms with Gasteiger partial charge >= 0.3 is 0 Å². The smallest absolute Gasteiger partial charge is 0.181 e. The second kappa shape index (κ2) is 4.90. The second-order valence-corrected chi connectivity index (χ2v) is 2.52. The van der Waals surface area contributed by atoms with Crippen LogP contribution in [-0.4, -0.2) is 18.7 Å². The fraction of sp³-hybridized carbons (Fsp3) is 0.625. The van der Waals surface area contributed by atoms with Gasteiger partial charge in [-0.15, -0.1) is 0 Å². The topological polar surface area (TPSA) is 61.3 Å². The zero-order chi connectivity index (χ0) is 8.81. The summed E-state index contributed by atoms with van der Waals surface area (Å²) < 4.78 is 10.1. The number of hydrogen-bond donors (Lipinski definition) is 1. The van der Waals surface area contributed by atoms with E-state index in [2.05, 4.69) is 4.98 Å². The maximum Gasteiger partial charge on any atom is 0.181 e. The number of aromatic nitrogens is 1. The van der Waals surface area contributed by atoms with Crippen LogP contribution >= 0.6 is 0 Å². The molecule has 0 bridgehead atoms. The van der Waals surface area contributed by atoms with E-state index < -0.39 is 0 Å². The first-order chi connectivity index (χ1) is 5.88. The third-order valence-corrected chi connectivity index (χ3v) is 1.67. The lowest BCUT2D eigenvalue weighted by atomic mass is 10.2. The Kier molecular flexibility index (Phi) is 3.76. The maximum atomic E-state index is 5.45. The highest BCUT2D eigenvalue weighted by Crippen LogP contribution is 2.08. The Morgan fingerprint density at radius 3 is 3.17 bits per heavy atom. The number of methoxy groups -OCH3 is 1. The Bertz CT molecular complexity index is 223. The molecule has 0 atom stereocenters. The van der Waals surface area contributed by atoms with Crippen molar-refractivity contribution in [2.24, 2.45) is 5.73 Å². The van der Waals surface area contributed by atoms with Crippen LogP contribution in [-0.2, 0) is 17.7 Å². The van der Waals surface area contributed by atoms with Crippen LogP contribution in [0.15, 0.2) is 10.8 Å². The molecule has 12 heavy (non-hydrogen) atoms. The summed E-state index contributed by atoms with van der Waals surface area (Å²) >= 11 is 0. The molecule has 0 saturated heterocycles. The van der Waals surface area contributed by atoms with Gasteiger partial charge in [-0.25, -0.2) is 4.98 Å². The van der Waals surface area contributed by atoms with Crippen molar-refractivity contribution in [2.45, 2.75) is 19.4 Å². The summed E-state index contributed by atoms with van der Waals surface area (Å²) in [5, 5.41) is 0. The minimum Gasteiger partial charge on any atom is -0.448 e. The Morgan fingerprint density at radius 1 is 1.67 bits per heavy atom. The summed E-state index contributed by atoms with van der Waals surface area (Å²) in [6, 6.07) is 0. The predicted molar refractivity (Wildman–Crippen MR) is 44.6 cm³/mol. The molecule has 4 nitrogen and oxygen atoms in total. The van der Waals surface area contributed by atoms with Crippen LogP contribution in [0, 0.1) is 0 Å². The van der Waals surface area contributed by atoms with E-state index in [0.29, 0.717) is 6.54 Å². The largest absolute Gasteiger partial charge is 0.448 e. The molecule has 0 aliphatic rings. The molecule has 0 aliphatic heterocycles. The van der Waals surface area contributed by atoms with Crippen molar-refractivity contribution in [1.29, 1.82) is 0 Å². The van der Waals surface area contributed by atoms with Crippen molar-refractivity contribution in [3.05, 3.63) is 17.8 Å². The van der Waals surface area contributed by atoms with Gasteiger partial charge in [-0.3, -0.25) is 0 Å². The van der Waals surface area contributed by atoms with Crippen LogP contribution in [0.2, 0.25) is 0 Å². The van der Waals surface area contributed by atoms with Crippen molar-refractivity contribution >= 4 is 0 Å². The number of nitrogens with zero attached hydrogens (tertiary/aromatic N) is 1. The molecule has 0 spiro atoms. The zero-order valence-corrected chi connectivity index (χ0v) is 7.25. The highest BCUT2D eigenvalue weighted by molar-refractivity contribution is 5.06. The van der Waals surface area contributed by atoms with Gasteiger partial charge in [0.15, 0.2) is 6.39 Å². The number of oxazole rings is 1. The second-order valence-electron chi connectivity index (χ2n) is 2.52. The molecule has 0 fully saturated rings. The average molecular weight is 170 g/mol. The van der Waals surface area contributed by atoms with Gasteiger partial charge in [0.2, 0.25) is 0 Å². The van der Waals surface area contributed by atoms with Gasteiger partial charge in [0.1, 0.15) is 5.76 Å². The zero-order valence-electron chi connectivity index (χ0n) is 7.25. The number of ether oxygens (including phenoxy) is 1. The summed E-state index contributed by atoms with van der Waals surface area (Å²) in [4.78, 5) is 3.98. The monoisotopic (exact) mass is 170 g/mol. The van der Waals surface area contributed by atoms with E-state index in [-0.39, 0.29) is 0 Å². The first-order valence-electron chi connectivity index (χ1n) is 3.98. The molecule has 1 aromatic heterocycles. The minimum absolute atomic E-state index is 0.443. The first kappa shape index (κ1) is 9.22. The summed E-state index contributed by atoms with van der Waals surface area (Å²) in [5.74, 6) is 0.884. The van der Waals surface area contributed by atoms with Crippen LogP contribution in [0.4, 0.5) is 0 Å². The van der Waals surface area contributed by atoms with Gasteiger partial charge < -0.3 is 14.9 Å². The quantitative estimate of drug-likeness (QED) is 0.661. The lowest BCUT2D eigenvalue weighted by Gasteiger charge is -1.97. The molecule has 1 heterocycles. The van der Waals surface area contributed by atoms with E-state index in [1.165, 1.54) is 6.39 Å². The molecule has 2 N–H and O–H groups in total. The molecule has 0 amide bonds. The fourth-order valence-corrected chi connectivity index (χ4v) is 1.04. The van der Waals surface area contributed by atoms with E-state index in [9.17, 15) is 0 Å². The molecule has 1 aromatic rings. The summed E-state index contributed by atoms with van der Waals surface area (Å²) in [7, 11) is 1.68. The van der Waals surface area contributed by atoms with Crippen molar-refractivity contribution in [3.63, 3.8) is 0 Å². The van der Waals surface area contributed by atoms with Gasteiger partial charge in [0, 0.05) is 26.7 Å². The number of aryl methyl sites for hydroxylation is 1. The standard InChI is InChI=1S/C8H14N2O2/c1-11-4-2-3-8-7(5-9)10-6-12-8/h6H,2-5,9H2,1H3. The van der Waals surface area contributed by atoms with Crippen LogP contribution in [0.5, 0.6) is 0 Å². The highest BCUT2D eigenvalue weighted by atomic mass is 16.5. The molecular formula is C8H14N2O2. The molecular weight excluding hydrogens is 156 g/mol. The molecule has 0 saturated carbocycles. The van der Waals surface area contributed by atoms with E-state index in [0.717, 1.165) is 30.9 Å². The predicted octanol–water partition coefficient (Wildman–Crippen LogP) is 0.712. The fourth-order valence-electron chi connectivity index (χ4n) is 1.04. The lowest BCUT2D eigenvalue weighted by Crippen LogP contribution is -2.01. The molecule has 0 unspecified atom stereocenters. The third kappa shape index (κ3) is 2.32.